The van der Waals surface area contributed by atoms with E-state index < -0.39 is 6.10 Å². The van der Waals surface area contributed by atoms with Crippen LogP contribution in [0.5, 0.6) is 5.75 Å². The number of hydrogen-bond acceptors (Lipinski definition) is 4. The molecule has 0 aromatic heterocycles. The summed E-state index contributed by atoms with van der Waals surface area (Å²) in [4.78, 5) is 25.9. The van der Waals surface area contributed by atoms with Crippen molar-refractivity contribution < 1.29 is 14.3 Å². The van der Waals surface area contributed by atoms with Crippen LogP contribution in [0.15, 0.2) is 48.5 Å². The molecule has 2 amide bonds. The fourth-order valence-corrected chi connectivity index (χ4v) is 2.56. The van der Waals surface area contributed by atoms with Crippen LogP contribution in [-0.4, -0.2) is 24.5 Å². The second-order valence-electron chi connectivity index (χ2n) is 5.39. The zero-order valence-electron chi connectivity index (χ0n) is 13.0. The van der Waals surface area contributed by atoms with Crippen molar-refractivity contribution in [1.82, 2.24) is 0 Å². The van der Waals surface area contributed by atoms with Crippen molar-refractivity contribution in [2.45, 2.75) is 13.0 Å². The number of benzene rings is 2. The van der Waals surface area contributed by atoms with Gasteiger partial charge in [0, 0.05) is 12.6 Å². The standard InChI is InChI=1S/C18H15N3O3/c1-12(22)21-11-17(24-16-8-3-2-7-15(16)21)18(23)20-14-6-4-5-13(9-14)10-19/h2-9,17H,11H2,1H3,(H,20,23). The van der Waals surface area contributed by atoms with E-state index in [2.05, 4.69) is 5.32 Å². The first-order valence-electron chi connectivity index (χ1n) is 7.43. The monoisotopic (exact) mass is 321 g/mol. The summed E-state index contributed by atoms with van der Waals surface area (Å²) in [5.41, 5.74) is 1.62. The van der Waals surface area contributed by atoms with Crippen LogP contribution in [0.3, 0.4) is 0 Å². The molecule has 2 aromatic carbocycles. The smallest absolute Gasteiger partial charge is 0.267 e. The number of nitriles is 1. The Morgan fingerprint density at radius 2 is 2.04 bits per heavy atom. The van der Waals surface area contributed by atoms with Crippen LogP contribution in [-0.2, 0) is 9.59 Å². The maximum absolute atomic E-state index is 12.5. The maximum Gasteiger partial charge on any atom is 0.267 e. The van der Waals surface area contributed by atoms with Gasteiger partial charge < -0.3 is 15.0 Å². The number of nitrogens with one attached hydrogen (secondary N) is 1. The van der Waals surface area contributed by atoms with Crippen LogP contribution in [0.25, 0.3) is 0 Å². The summed E-state index contributed by atoms with van der Waals surface area (Å²) in [7, 11) is 0. The van der Waals surface area contributed by atoms with Crippen LogP contribution in [0.4, 0.5) is 11.4 Å². The molecule has 3 rings (SSSR count). The number of anilines is 2. The molecule has 1 aliphatic rings. The number of hydrogen-bond donors (Lipinski definition) is 1. The molecule has 1 N–H and O–H groups in total. The minimum Gasteiger partial charge on any atom is -0.476 e. The van der Waals surface area contributed by atoms with E-state index in [1.54, 1.807) is 42.5 Å². The van der Waals surface area contributed by atoms with Gasteiger partial charge in [-0.15, -0.1) is 0 Å². The largest absolute Gasteiger partial charge is 0.476 e. The van der Waals surface area contributed by atoms with Gasteiger partial charge >= 0.3 is 0 Å². The molecule has 1 aliphatic heterocycles. The summed E-state index contributed by atoms with van der Waals surface area (Å²) in [6.45, 7) is 1.59. The van der Waals surface area contributed by atoms with Crippen LogP contribution in [0, 0.1) is 11.3 Å². The van der Waals surface area contributed by atoms with Crippen molar-refractivity contribution in [3.05, 3.63) is 54.1 Å². The molecule has 1 unspecified atom stereocenters. The normalized spacial score (nSPS) is 15.7. The quantitative estimate of drug-likeness (QED) is 0.920. The van der Waals surface area contributed by atoms with Gasteiger partial charge in [0.25, 0.3) is 5.91 Å². The third-order valence-corrected chi connectivity index (χ3v) is 3.71. The molecule has 6 heteroatoms. The lowest BCUT2D eigenvalue weighted by atomic mass is 10.1. The van der Waals surface area contributed by atoms with E-state index in [0.29, 0.717) is 22.7 Å². The van der Waals surface area contributed by atoms with Gasteiger partial charge in [-0.3, -0.25) is 9.59 Å². The summed E-state index contributed by atoms with van der Waals surface area (Å²) in [6.07, 6.45) is -0.824. The molecular weight excluding hydrogens is 306 g/mol. The third-order valence-electron chi connectivity index (χ3n) is 3.71. The molecule has 1 atom stereocenters. The third kappa shape index (κ3) is 3.06. The highest BCUT2D eigenvalue weighted by atomic mass is 16.5. The predicted molar refractivity (Wildman–Crippen MR) is 88.7 cm³/mol. The summed E-state index contributed by atoms with van der Waals surface area (Å²) < 4.78 is 5.73. The summed E-state index contributed by atoms with van der Waals surface area (Å²) >= 11 is 0. The molecule has 24 heavy (non-hydrogen) atoms. The minimum absolute atomic E-state index is 0.135. The fraction of sp³-hybridized carbons (Fsp3) is 0.167. The lowest BCUT2D eigenvalue weighted by Crippen LogP contribution is -2.48. The van der Waals surface area contributed by atoms with Crippen molar-refractivity contribution in [2.24, 2.45) is 0 Å². The zero-order valence-corrected chi connectivity index (χ0v) is 13.0. The fourth-order valence-electron chi connectivity index (χ4n) is 2.56. The highest BCUT2D eigenvalue weighted by molar-refractivity contribution is 5.99. The highest BCUT2D eigenvalue weighted by Gasteiger charge is 2.32. The van der Waals surface area contributed by atoms with Crippen LogP contribution in [0.1, 0.15) is 12.5 Å². The van der Waals surface area contributed by atoms with Gasteiger partial charge in [0.15, 0.2) is 6.10 Å². The van der Waals surface area contributed by atoms with Crippen molar-refractivity contribution in [1.29, 1.82) is 5.26 Å². The van der Waals surface area contributed by atoms with Gasteiger partial charge in [-0.05, 0) is 30.3 Å². The van der Waals surface area contributed by atoms with E-state index in [0.717, 1.165) is 0 Å². The molecule has 0 bridgehead atoms. The van der Waals surface area contributed by atoms with E-state index in [4.69, 9.17) is 10.00 Å². The summed E-state index contributed by atoms with van der Waals surface area (Å²) in [5.74, 6) is -0.0363. The molecule has 0 aliphatic carbocycles. The van der Waals surface area contributed by atoms with Gasteiger partial charge in [0.05, 0.1) is 23.9 Å². The molecule has 0 radical (unpaired) electrons. The number of carbonyl (C=O) groups excluding carboxylic acids is 2. The topological polar surface area (TPSA) is 82.4 Å². The van der Waals surface area contributed by atoms with E-state index >= 15 is 0 Å². The Bertz CT molecular complexity index is 841. The lowest BCUT2D eigenvalue weighted by Gasteiger charge is -2.33. The average molecular weight is 321 g/mol. The molecule has 0 spiro atoms. The number of rotatable bonds is 2. The van der Waals surface area contributed by atoms with Crippen molar-refractivity contribution in [3.8, 4) is 11.8 Å². The summed E-state index contributed by atoms with van der Waals surface area (Å²) in [6, 6.07) is 15.7. The maximum atomic E-state index is 12.5. The first-order valence-corrected chi connectivity index (χ1v) is 7.43. The second-order valence-corrected chi connectivity index (χ2v) is 5.39. The zero-order chi connectivity index (χ0) is 17.1. The molecule has 0 saturated carbocycles. The molecule has 1 heterocycles. The van der Waals surface area contributed by atoms with Crippen molar-refractivity contribution in [3.63, 3.8) is 0 Å². The Hall–Kier alpha value is -3.33. The van der Waals surface area contributed by atoms with E-state index in [-0.39, 0.29) is 18.4 Å². The average Bonchev–Trinajstić information content (AvgIpc) is 2.60. The molecule has 6 nitrogen and oxygen atoms in total. The number of carbonyl (C=O) groups is 2. The van der Waals surface area contributed by atoms with Gasteiger partial charge in [-0.1, -0.05) is 18.2 Å². The van der Waals surface area contributed by atoms with E-state index in [1.807, 2.05) is 12.1 Å². The number of amides is 2. The Morgan fingerprint density at radius 1 is 1.25 bits per heavy atom. The number of nitrogens with zero attached hydrogens (tertiary/aromatic N) is 2. The highest BCUT2D eigenvalue weighted by Crippen LogP contribution is 2.33. The number of para-hydroxylation sites is 2. The predicted octanol–water partition coefficient (Wildman–Crippen LogP) is 2.31. The lowest BCUT2D eigenvalue weighted by molar-refractivity contribution is -0.123. The van der Waals surface area contributed by atoms with Crippen LogP contribution < -0.4 is 15.0 Å². The molecule has 120 valence electrons. The Labute approximate surface area is 139 Å². The van der Waals surface area contributed by atoms with Crippen molar-refractivity contribution >= 4 is 23.2 Å². The Morgan fingerprint density at radius 3 is 2.79 bits per heavy atom. The van der Waals surface area contributed by atoms with Crippen LogP contribution >= 0.6 is 0 Å². The molecule has 0 fully saturated rings. The number of ether oxygens (including phenoxy) is 1. The van der Waals surface area contributed by atoms with Gasteiger partial charge in [0.1, 0.15) is 5.75 Å². The first-order chi connectivity index (χ1) is 11.6. The summed E-state index contributed by atoms with van der Waals surface area (Å²) in [5, 5.41) is 11.6. The Balaban J connectivity index is 1.81. The minimum atomic E-state index is -0.824. The second kappa shape index (κ2) is 6.42. The van der Waals surface area contributed by atoms with Crippen molar-refractivity contribution in [2.75, 3.05) is 16.8 Å². The van der Waals surface area contributed by atoms with E-state index in [1.165, 1.54) is 11.8 Å². The molecule has 0 saturated heterocycles. The molecule has 2 aromatic rings. The van der Waals surface area contributed by atoms with Crippen LogP contribution in [0.2, 0.25) is 0 Å². The van der Waals surface area contributed by atoms with Gasteiger partial charge in [0.2, 0.25) is 5.91 Å². The van der Waals surface area contributed by atoms with Gasteiger partial charge in [-0.25, -0.2) is 0 Å². The van der Waals surface area contributed by atoms with Gasteiger partial charge in [-0.2, -0.15) is 5.26 Å². The SMILES string of the molecule is CC(=O)N1CC(C(=O)Nc2cccc(C#N)c2)Oc2ccccc21. The first kappa shape index (κ1) is 15.6. The van der Waals surface area contributed by atoms with E-state index in [9.17, 15) is 9.59 Å². The number of fused-ring (bicyclic) bond motifs is 1. The Kier molecular flexibility index (Phi) is 4.17. The molecular formula is C18H15N3O3.